The highest BCUT2D eigenvalue weighted by molar-refractivity contribution is 6.33. The van der Waals surface area contributed by atoms with Gasteiger partial charge in [0.15, 0.2) is 0 Å². The summed E-state index contributed by atoms with van der Waals surface area (Å²) >= 11 is 6.30. The number of hydrogen-bond donors (Lipinski definition) is 1. The van der Waals surface area contributed by atoms with Gasteiger partial charge in [-0.15, -0.1) is 0 Å². The fourth-order valence-corrected chi connectivity index (χ4v) is 4.80. The molecule has 0 saturated carbocycles. The van der Waals surface area contributed by atoms with E-state index in [4.69, 9.17) is 16.3 Å². The molecule has 1 N–H and O–H groups in total. The van der Waals surface area contributed by atoms with Crippen molar-refractivity contribution in [1.29, 1.82) is 0 Å². The molecule has 1 saturated heterocycles. The highest BCUT2D eigenvalue weighted by atomic mass is 35.5. The van der Waals surface area contributed by atoms with E-state index >= 15 is 0 Å². The Bertz CT molecular complexity index is 1100. The van der Waals surface area contributed by atoms with Gasteiger partial charge in [0.2, 0.25) is 0 Å². The van der Waals surface area contributed by atoms with Crippen molar-refractivity contribution in [3.05, 3.63) is 82.9 Å². The summed E-state index contributed by atoms with van der Waals surface area (Å²) in [7, 11) is 1.71. The molecule has 0 atom stereocenters. The Morgan fingerprint density at radius 1 is 1.03 bits per heavy atom. The largest absolute Gasteiger partial charge is 0.496 e. The summed E-state index contributed by atoms with van der Waals surface area (Å²) in [5.74, 6) is 1.19. The summed E-state index contributed by atoms with van der Waals surface area (Å²) in [6, 6.07) is 21.7. The van der Waals surface area contributed by atoms with Crippen LogP contribution in [0.15, 0.2) is 66.7 Å². The third-order valence-electron chi connectivity index (χ3n) is 6.52. The number of likely N-dealkylation sites (tertiary alicyclic amines) is 1. The Labute approximate surface area is 201 Å². The molecule has 4 nitrogen and oxygen atoms in total. The molecule has 1 heterocycles. The summed E-state index contributed by atoms with van der Waals surface area (Å²) in [6.07, 6.45) is 2.19. The van der Waals surface area contributed by atoms with E-state index in [1.807, 2.05) is 60.7 Å². The first-order valence-corrected chi connectivity index (χ1v) is 11.9. The summed E-state index contributed by atoms with van der Waals surface area (Å²) in [5, 5.41) is 3.75. The van der Waals surface area contributed by atoms with Gasteiger partial charge in [-0.3, -0.25) is 4.79 Å². The van der Waals surface area contributed by atoms with Crippen LogP contribution in [0.5, 0.6) is 5.75 Å². The number of ether oxygens (including phenoxy) is 1. The van der Waals surface area contributed by atoms with Gasteiger partial charge in [-0.25, -0.2) is 0 Å². The van der Waals surface area contributed by atoms with Crippen LogP contribution in [0.2, 0.25) is 5.02 Å². The number of nitrogens with one attached hydrogen (secondary N) is 1. The molecule has 4 rings (SSSR count). The van der Waals surface area contributed by atoms with Crippen LogP contribution >= 0.6 is 11.6 Å². The highest BCUT2D eigenvalue weighted by Gasteiger charge is 2.24. The molecule has 5 heteroatoms. The van der Waals surface area contributed by atoms with Crippen LogP contribution in [-0.4, -0.2) is 37.0 Å². The van der Waals surface area contributed by atoms with Gasteiger partial charge in [0.25, 0.3) is 5.91 Å². The Morgan fingerprint density at radius 2 is 1.73 bits per heavy atom. The van der Waals surface area contributed by atoms with Crippen LogP contribution in [0.1, 0.15) is 48.5 Å². The molecule has 0 spiro atoms. The van der Waals surface area contributed by atoms with Crippen LogP contribution in [0.4, 0.5) is 5.69 Å². The van der Waals surface area contributed by atoms with E-state index in [0.717, 1.165) is 48.5 Å². The second kappa shape index (κ2) is 10.4. The van der Waals surface area contributed by atoms with E-state index in [1.54, 1.807) is 7.11 Å². The van der Waals surface area contributed by atoms with Crippen molar-refractivity contribution in [2.45, 2.75) is 38.6 Å². The van der Waals surface area contributed by atoms with E-state index in [-0.39, 0.29) is 5.91 Å². The number of carbonyl (C=O) groups is 1. The maximum absolute atomic E-state index is 12.9. The summed E-state index contributed by atoms with van der Waals surface area (Å²) < 4.78 is 5.65. The average molecular weight is 463 g/mol. The minimum Gasteiger partial charge on any atom is -0.496 e. The highest BCUT2D eigenvalue weighted by Crippen LogP contribution is 2.36. The first-order chi connectivity index (χ1) is 16.0. The molecule has 1 fully saturated rings. The lowest BCUT2D eigenvalue weighted by Crippen LogP contribution is -2.37. The van der Waals surface area contributed by atoms with Gasteiger partial charge >= 0.3 is 0 Å². The monoisotopic (exact) mass is 462 g/mol. The quantitative estimate of drug-likeness (QED) is 0.435. The van der Waals surface area contributed by atoms with Crippen molar-refractivity contribution in [2.75, 3.05) is 25.5 Å². The Hall–Kier alpha value is -2.82. The second-order valence-electron chi connectivity index (χ2n) is 8.87. The maximum Gasteiger partial charge on any atom is 0.255 e. The molecule has 1 amide bonds. The predicted octanol–water partition coefficient (Wildman–Crippen LogP) is 6.86. The van der Waals surface area contributed by atoms with Gasteiger partial charge in [0.05, 0.1) is 7.11 Å². The molecule has 1 aliphatic heterocycles. The van der Waals surface area contributed by atoms with Gasteiger partial charge in [0, 0.05) is 27.9 Å². The summed E-state index contributed by atoms with van der Waals surface area (Å²) in [6.45, 7) is 6.66. The minimum atomic E-state index is -0.133. The molecular formula is C28H31ClN2O2. The molecule has 3 aromatic rings. The van der Waals surface area contributed by atoms with E-state index < -0.39 is 0 Å². The lowest BCUT2D eigenvalue weighted by molar-refractivity contribution is 0.102. The van der Waals surface area contributed by atoms with E-state index in [2.05, 4.69) is 30.1 Å². The van der Waals surface area contributed by atoms with E-state index in [0.29, 0.717) is 22.5 Å². The van der Waals surface area contributed by atoms with Gasteiger partial charge in [0.1, 0.15) is 5.75 Å². The second-order valence-corrected chi connectivity index (χ2v) is 9.28. The average Bonchev–Trinajstić information content (AvgIpc) is 2.84. The van der Waals surface area contributed by atoms with Crippen molar-refractivity contribution in [3.63, 3.8) is 0 Å². The molecule has 0 radical (unpaired) electrons. The molecule has 33 heavy (non-hydrogen) atoms. The van der Waals surface area contributed by atoms with Crippen LogP contribution in [-0.2, 0) is 0 Å². The number of anilines is 1. The number of rotatable bonds is 6. The molecule has 1 aliphatic rings. The first kappa shape index (κ1) is 23.3. The molecule has 0 bridgehead atoms. The topological polar surface area (TPSA) is 41.6 Å². The number of halogens is 1. The van der Waals surface area contributed by atoms with Crippen molar-refractivity contribution >= 4 is 23.2 Å². The Balaban J connectivity index is 1.48. The zero-order chi connectivity index (χ0) is 23.4. The fraction of sp³-hybridized carbons (Fsp3) is 0.321. The molecule has 172 valence electrons. The summed E-state index contributed by atoms with van der Waals surface area (Å²) in [4.78, 5) is 15.4. The van der Waals surface area contributed by atoms with Gasteiger partial charge < -0.3 is 15.0 Å². The zero-order valence-electron chi connectivity index (χ0n) is 19.5. The minimum absolute atomic E-state index is 0.133. The van der Waals surface area contributed by atoms with Gasteiger partial charge in [-0.1, -0.05) is 41.9 Å². The van der Waals surface area contributed by atoms with Gasteiger partial charge in [-0.05, 0) is 93.2 Å². The third kappa shape index (κ3) is 5.40. The lowest BCUT2D eigenvalue weighted by atomic mass is 9.88. The number of methoxy groups -OCH3 is 1. The van der Waals surface area contributed by atoms with Crippen molar-refractivity contribution in [2.24, 2.45) is 0 Å². The predicted molar refractivity (Wildman–Crippen MR) is 137 cm³/mol. The molecular weight excluding hydrogens is 432 g/mol. The Kier molecular flexibility index (Phi) is 7.36. The third-order valence-corrected chi connectivity index (χ3v) is 6.85. The molecule has 0 unspecified atom stereocenters. The number of amides is 1. The molecule has 0 aliphatic carbocycles. The van der Waals surface area contributed by atoms with E-state index in [9.17, 15) is 4.79 Å². The first-order valence-electron chi connectivity index (χ1n) is 11.5. The molecule has 3 aromatic carbocycles. The van der Waals surface area contributed by atoms with Gasteiger partial charge in [-0.2, -0.15) is 0 Å². The molecule has 0 aromatic heterocycles. The number of nitrogens with zero attached hydrogens (tertiary/aromatic N) is 1. The smallest absolute Gasteiger partial charge is 0.255 e. The number of piperidine rings is 1. The lowest BCUT2D eigenvalue weighted by Gasteiger charge is -2.35. The number of benzene rings is 3. The normalized spacial score (nSPS) is 14.9. The summed E-state index contributed by atoms with van der Waals surface area (Å²) in [5.41, 5.74) is 4.50. The van der Waals surface area contributed by atoms with Crippen LogP contribution < -0.4 is 10.1 Å². The SMILES string of the molecule is COc1ccc(NC(=O)c2ccc(-c3ccccc3Cl)cc2)cc1C1CCN(C(C)C)CC1. The van der Waals surface area contributed by atoms with Crippen molar-refractivity contribution in [1.82, 2.24) is 4.90 Å². The van der Waals surface area contributed by atoms with Crippen molar-refractivity contribution in [3.8, 4) is 16.9 Å². The maximum atomic E-state index is 12.9. The Morgan fingerprint density at radius 3 is 2.36 bits per heavy atom. The van der Waals surface area contributed by atoms with Crippen LogP contribution in [0.25, 0.3) is 11.1 Å². The zero-order valence-corrected chi connectivity index (χ0v) is 20.2. The number of hydrogen-bond acceptors (Lipinski definition) is 3. The van der Waals surface area contributed by atoms with E-state index in [1.165, 1.54) is 5.56 Å². The number of carbonyl (C=O) groups excluding carboxylic acids is 1. The van der Waals surface area contributed by atoms with Crippen molar-refractivity contribution < 1.29 is 9.53 Å². The van der Waals surface area contributed by atoms with Crippen LogP contribution in [0.3, 0.4) is 0 Å². The fourth-order valence-electron chi connectivity index (χ4n) is 4.56. The standard InChI is InChI=1S/C28H31ClN2O2/c1-19(2)31-16-14-21(15-17-31)25-18-23(12-13-27(25)33-3)30-28(32)22-10-8-20(9-11-22)24-6-4-5-7-26(24)29/h4-13,18-19,21H,14-17H2,1-3H3,(H,30,32). The van der Waals surface area contributed by atoms with Crippen LogP contribution in [0, 0.1) is 0 Å².